The van der Waals surface area contributed by atoms with E-state index in [9.17, 15) is 0 Å². The van der Waals surface area contributed by atoms with E-state index in [1.54, 1.807) is 0 Å². The number of nitrogens with one attached hydrogen (secondary N) is 1. The van der Waals surface area contributed by atoms with E-state index in [-0.39, 0.29) is 0 Å². The zero-order chi connectivity index (χ0) is 15.0. The quantitative estimate of drug-likeness (QED) is 0.679. The molecule has 1 aromatic rings. The fourth-order valence-corrected chi connectivity index (χ4v) is 2.11. The van der Waals surface area contributed by atoms with Gasteiger partial charge in [-0.25, -0.2) is 0 Å². The fourth-order valence-electron chi connectivity index (χ4n) is 2.11. The summed E-state index contributed by atoms with van der Waals surface area (Å²) >= 11 is 0. The van der Waals surface area contributed by atoms with Gasteiger partial charge in [0.25, 0.3) is 0 Å². The van der Waals surface area contributed by atoms with Crippen LogP contribution in [0.5, 0.6) is 0 Å². The van der Waals surface area contributed by atoms with Crippen LogP contribution in [0.1, 0.15) is 53.4 Å². The van der Waals surface area contributed by atoms with Gasteiger partial charge in [-0.05, 0) is 26.7 Å². The Balaban J connectivity index is 2.85. The van der Waals surface area contributed by atoms with Crippen LogP contribution in [0, 0.1) is 0 Å². The molecule has 20 heavy (non-hydrogen) atoms. The van der Waals surface area contributed by atoms with Crippen molar-refractivity contribution in [2.45, 2.75) is 59.4 Å². The third-order valence-electron chi connectivity index (χ3n) is 3.21. The van der Waals surface area contributed by atoms with Crippen LogP contribution in [0.15, 0.2) is 6.07 Å². The van der Waals surface area contributed by atoms with Crippen molar-refractivity contribution in [2.75, 3.05) is 29.0 Å². The lowest BCUT2D eigenvalue weighted by Gasteiger charge is -2.28. The Labute approximate surface area is 123 Å². The number of rotatable bonds is 9. The molecular weight excluding hydrogens is 250 g/mol. The van der Waals surface area contributed by atoms with E-state index in [1.165, 1.54) is 19.3 Å². The molecule has 0 aliphatic heterocycles. The highest BCUT2D eigenvalue weighted by atomic mass is 15.2. The topological polar surface area (TPSA) is 67.1 Å². The average Bonchev–Trinajstić information content (AvgIpc) is 2.40. The van der Waals surface area contributed by atoms with Crippen molar-refractivity contribution in [1.29, 1.82) is 0 Å². The van der Waals surface area contributed by atoms with E-state index in [2.05, 4.69) is 47.9 Å². The van der Waals surface area contributed by atoms with Crippen LogP contribution in [-0.2, 0) is 0 Å². The van der Waals surface area contributed by atoms with Gasteiger partial charge in [-0.3, -0.25) is 0 Å². The molecule has 0 unspecified atom stereocenters. The maximum absolute atomic E-state index is 5.84. The highest BCUT2D eigenvalue weighted by Gasteiger charge is 2.13. The molecule has 1 rings (SSSR count). The molecule has 0 aliphatic carbocycles. The molecule has 1 aromatic heterocycles. The number of nitrogens with two attached hydrogens (primary N) is 1. The van der Waals surface area contributed by atoms with Crippen LogP contribution < -0.4 is 16.0 Å². The molecule has 0 saturated heterocycles. The summed E-state index contributed by atoms with van der Waals surface area (Å²) in [6.45, 7) is 10.6. The molecule has 0 aromatic carbocycles. The molecule has 0 amide bonds. The number of hydrogen-bond donors (Lipinski definition) is 2. The van der Waals surface area contributed by atoms with Crippen molar-refractivity contribution in [1.82, 2.24) is 9.97 Å². The first kappa shape index (κ1) is 16.5. The summed E-state index contributed by atoms with van der Waals surface area (Å²) in [5, 5.41) is 3.28. The zero-order valence-corrected chi connectivity index (χ0v) is 13.3. The van der Waals surface area contributed by atoms with Gasteiger partial charge in [-0.2, -0.15) is 9.97 Å². The predicted octanol–water partition coefficient (Wildman–Crippen LogP) is 3.29. The van der Waals surface area contributed by atoms with E-state index in [0.29, 0.717) is 12.0 Å². The van der Waals surface area contributed by atoms with E-state index < -0.39 is 0 Å². The van der Waals surface area contributed by atoms with E-state index in [4.69, 9.17) is 5.73 Å². The molecular formula is C15H29N5. The molecule has 3 N–H and O–H groups in total. The number of unbranched alkanes of at least 4 members (excludes halogenated alkanes) is 2. The lowest BCUT2D eigenvalue weighted by Crippen LogP contribution is -2.32. The Morgan fingerprint density at radius 1 is 1.20 bits per heavy atom. The normalized spacial score (nSPS) is 10.8. The van der Waals surface area contributed by atoms with Gasteiger partial charge in [-0.15, -0.1) is 0 Å². The second-order valence-corrected chi connectivity index (χ2v) is 5.39. The number of aromatic nitrogens is 2. The van der Waals surface area contributed by atoms with E-state index in [0.717, 1.165) is 31.1 Å². The SMILES string of the molecule is CCCCCN(c1cc(NCCC)nc(N)n1)C(C)C. The van der Waals surface area contributed by atoms with Crippen molar-refractivity contribution < 1.29 is 0 Å². The number of nitrogen functional groups attached to an aromatic ring is 1. The van der Waals surface area contributed by atoms with Crippen LogP contribution in [-0.4, -0.2) is 29.1 Å². The minimum absolute atomic E-state index is 0.335. The van der Waals surface area contributed by atoms with Crippen LogP contribution in [0.3, 0.4) is 0 Å². The van der Waals surface area contributed by atoms with Crippen molar-refractivity contribution >= 4 is 17.6 Å². The third kappa shape index (κ3) is 5.23. The van der Waals surface area contributed by atoms with Gasteiger partial charge in [0.05, 0.1) is 0 Å². The second kappa shape index (κ2) is 8.61. The van der Waals surface area contributed by atoms with Gasteiger partial charge >= 0.3 is 0 Å². The maximum atomic E-state index is 5.84. The number of hydrogen-bond acceptors (Lipinski definition) is 5. The largest absolute Gasteiger partial charge is 0.370 e. The average molecular weight is 279 g/mol. The van der Waals surface area contributed by atoms with E-state index >= 15 is 0 Å². The Morgan fingerprint density at radius 2 is 1.95 bits per heavy atom. The summed E-state index contributed by atoms with van der Waals surface area (Å²) in [4.78, 5) is 10.9. The molecule has 0 saturated carbocycles. The molecule has 5 heteroatoms. The van der Waals surface area contributed by atoms with Crippen molar-refractivity contribution in [2.24, 2.45) is 0 Å². The fraction of sp³-hybridized carbons (Fsp3) is 0.733. The van der Waals surface area contributed by atoms with Crippen LogP contribution in [0.4, 0.5) is 17.6 Å². The zero-order valence-electron chi connectivity index (χ0n) is 13.3. The Hall–Kier alpha value is -1.52. The highest BCUT2D eigenvalue weighted by Crippen LogP contribution is 2.20. The molecule has 1 heterocycles. The molecule has 114 valence electrons. The monoisotopic (exact) mass is 279 g/mol. The molecule has 0 spiro atoms. The maximum Gasteiger partial charge on any atom is 0.223 e. The number of anilines is 3. The van der Waals surface area contributed by atoms with Crippen LogP contribution in [0.25, 0.3) is 0 Å². The molecule has 0 bridgehead atoms. The van der Waals surface area contributed by atoms with Gasteiger partial charge in [0, 0.05) is 25.2 Å². The Morgan fingerprint density at radius 3 is 2.55 bits per heavy atom. The lowest BCUT2D eigenvalue weighted by molar-refractivity contribution is 0.620. The summed E-state index contributed by atoms with van der Waals surface area (Å²) in [6.07, 6.45) is 4.70. The summed E-state index contributed by atoms with van der Waals surface area (Å²) < 4.78 is 0. The van der Waals surface area contributed by atoms with E-state index in [1.807, 2.05) is 6.07 Å². The first-order valence-corrected chi connectivity index (χ1v) is 7.73. The molecule has 0 atom stereocenters. The van der Waals surface area contributed by atoms with Gasteiger partial charge in [0.1, 0.15) is 11.6 Å². The van der Waals surface area contributed by atoms with Gasteiger partial charge in [-0.1, -0.05) is 26.7 Å². The standard InChI is InChI=1S/C15H29N5/c1-5-7-8-10-20(12(3)4)14-11-13(17-9-6-2)18-15(16)19-14/h11-12H,5-10H2,1-4H3,(H3,16,17,18,19). The Bertz CT molecular complexity index is 392. The first-order valence-electron chi connectivity index (χ1n) is 7.73. The summed E-state index contributed by atoms with van der Waals surface area (Å²) in [6, 6.07) is 2.40. The van der Waals surface area contributed by atoms with Crippen molar-refractivity contribution in [3.8, 4) is 0 Å². The Kier molecular flexibility index (Phi) is 7.12. The number of nitrogens with zero attached hydrogens (tertiary/aromatic N) is 3. The summed E-state index contributed by atoms with van der Waals surface area (Å²) in [5.41, 5.74) is 5.84. The van der Waals surface area contributed by atoms with Crippen molar-refractivity contribution in [3.63, 3.8) is 0 Å². The van der Waals surface area contributed by atoms with Gasteiger partial charge < -0.3 is 16.0 Å². The smallest absolute Gasteiger partial charge is 0.223 e. The first-order chi connectivity index (χ1) is 9.58. The molecule has 0 fully saturated rings. The lowest BCUT2D eigenvalue weighted by atomic mass is 10.2. The predicted molar refractivity (Wildman–Crippen MR) is 87.2 cm³/mol. The third-order valence-corrected chi connectivity index (χ3v) is 3.21. The summed E-state index contributed by atoms with van der Waals surface area (Å²) in [5.74, 6) is 2.07. The summed E-state index contributed by atoms with van der Waals surface area (Å²) in [7, 11) is 0. The molecule has 0 radical (unpaired) electrons. The molecule has 0 aliphatic rings. The molecule has 5 nitrogen and oxygen atoms in total. The second-order valence-electron chi connectivity index (χ2n) is 5.39. The van der Waals surface area contributed by atoms with Gasteiger partial charge in [0.2, 0.25) is 5.95 Å². The van der Waals surface area contributed by atoms with Crippen molar-refractivity contribution in [3.05, 3.63) is 6.07 Å². The minimum atomic E-state index is 0.335. The van der Waals surface area contributed by atoms with Crippen LogP contribution in [0.2, 0.25) is 0 Å². The highest BCUT2D eigenvalue weighted by molar-refractivity contribution is 5.53. The van der Waals surface area contributed by atoms with Crippen LogP contribution >= 0.6 is 0 Å². The minimum Gasteiger partial charge on any atom is -0.370 e. The van der Waals surface area contributed by atoms with Gasteiger partial charge in [0.15, 0.2) is 0 Å².